The molecule has 8 N–H and O–H groups in total. The number of allylic oxidation sites excluding steroid dienone is 3. The number of quaternary nitrogens is 1. The molecular weight excluding hydrogens is 725 g/mol. The zero-order valence-electron chi connectivity index (χ0n) is 36.0. The number of rotatable bonds is 16. The molecule has 8 heteroatoms. The summed E-state index contributed by atoms with van der Waals surface area (Å²) >= 11 is 0. The number of aryl methyl sites for hydroxylation is 3. The quantitative estimate of drug-likeness (QED) is 0.0289. The first-order valence-electron chi connectivity index (χ1n) is 21.6. The number of aromatic nitrogens is 2. The lowest BCUT2D eigenvalue weighted by Crippen LogP contribution is -2.71. The summed E-state index contributed by atoms with van der Waals surface area (Å²) in [6, 6.07) is 34.0. The monoisotopic (exact) mass is 789 g/mol. The van der Waals surface area contributed by atoms with Gasteiger partial charge in [0.2, 0.25) is 16.7 Å². The van der Waals surface area contributed by atoms with Crippen molar-refractivity contribution in [3.63, 3.8) is 0 Å². The Morgan fingerprint density at radius 3 is 1.86 bits per heavy atom. The molecule has 5 aromatic carbocycles. The molecule has 59 heavy (non-hydrogen) atoms. The van der Waals surface area contributed by atoms with Crippen molar-refractivity contribution < 1.29 is 9.88 Å². The van der Waals surface area contributed by atoms with Crippen LogP contribution < -0.4 is 32.0 Å². The highest BCUT2D eigenvalue weighted by molar-refractivity contribution is 6.00. The number of nitrogen functional groups attached to an aromatic ring is 1. The lowest BCUT2D eigenvalue weighted by atomic mass is 10.0. The maximum absolute atomic E-state index is 6.40. The molecule has 0 atom stereocenters. The van der Waals surface area contributed by atoms with Gasteiger partial charge in [0.25, 0.3) is 0 Å². The van der Waals surface area contributed by atoms with Crippen LogP contribution in [0.5, 0.6) is 0 Å². The van der Waals surface area contributed by atoms with E-state index in [0.717, 1.165) is 111 Å². The zero-order chi connectivity index (χ0) is 41.7. The second-order valence-corrected chi connectivity index (χ2v) is 15.5. The predicted molar refractivity (Wildman–Crippen MR) is 252 cm³/mol. The first-order chi connectivity index (χ1) is 28.7. The van der Waals surface area contributed by atoms with Crippen molar-refractivity contribution in [3.05, 3.63) is 137 Å². The number of anilines is 3. The zero-order valence-corrected chi connectivity index (χ0v) is 36.0. The summed E-state index contributed by atoms with van der Waals surface area (Å²) in [6.45, 7) is 14.3. The molecule has 306 valence electrons. The number of para-hydroxylation sites is 2. The van der Waals surface area contributed by atoms with Gasteiger partial charge in [-0.05, 0) is 99.2 Å². The number of hydrogen-bond donors (Lipinski definition) is 5. The molecule has 6 aromatic rings. The first-order valence-corrected chi connectivity index (χ1v) is 21.6. The third kappa shape index (κ3) is 10.9. The van der Waals surface area contributed by atoms with Gasteiger partial charge in [-0.3, -0.25) is 5.32 Å². The van der Waals surface area contributed by atoms with Crippen LogP contribution in [0.15, 0.2) is 125 Å². The Kier molecular flexibility index (Phi) is 14.9. The van der Waals surface area contributed by atoms with Crippen molar-refractivity contribution in [3.8, 4) is 5.69 Å². The molecule has 0 radical (unpaired) electrons. The molecule has 1 heterocycles. The number of aliphatic imine (C=N–C) groups is 1. The van der Waals surface area contributed by atoms with Crippen LogP contribution in [-0.4, -0.2) is 23.8 Å². The van der Waals surface area contributed by atoms with E-state index in [1.54, 1.807) is 0 Å². The molecule has 0 saturated heterocycles. The van der Waals surface area contributed by atoms with Gasteiger partial charge in [-0.25, -0.2) is 9.98 Å². The van der Waals surface area contributed by atoms with E-state index in [9.17, 15) is 0 Å². The fraction of sp³-hybridized carbons (Fsp3) is 0.314. The molecule has 1 aliphatic carbocycles. The number of nitrogens with one attached hydrogen (secondary N) is 2. The van der Waals surface area contributed by atoms with Crippen molar-refractivity contribution in [2.75, 3.05) is 29.5 Å². The molecule has 1 aliphatic rings. The van der Waals surface area contributed by atoms with Crippen LogP contribution in [-0.2, 0) is 0 Å². The summed E-state index contributed by atoms with van der Waals surface area (Å²) in [5.74, 6) is 0. The van der Waals surface area contributed by atoms with E-state index in [1.165, 1.54) is 48.9 Å². The molecule has 0 aliphatic heterocycles. The molecule has 0 bridgehead atoms. The van der Waals surface area contributed by atoms with Gasteiger partial charge >= 0.3 is 0 Å². The maximum Gasteiger partial charge on any atom is 0.239 e. The SMILES string of the molecule is CC.CC1=CC(=Nc2cc(C)c(NCCCCCCCCCNc3cc4c(cc3C)nc3cc(C)c(N)cc3[n+]4-c3ccccc3)cc2[NH2+]c2ccccc2)CC=C1N. The third-order valence-electron chi connectivity index (χ3n) is 11.0. The normalized spacial score (nSPS) is 13.2. The van der Waals surface area contributed by atoms with Gasteiger partial charge in [0.05, 0.1) is 0 Å². The topological polar surface area (TPSA) is 122 Å². The van der Waals surface area contributed by atoms with Crippen LogP contribution in [0.2, 0.25) is 0 Å². The molecule has 0 spiro atoms. The van der Waals surface area contributed by atoms with Gasteiger partial charge < -0.3 is 22.1 Å². The van der Waals surface area contributed by atoms with Crippen molar-refractivity contribution in [2.45, 2.75) is 92.9 Å². The van der Waals surface area contributed by atoms with Gasteiger partial charge in [-0.1, -0.05) is 88.4 Å². The standard InChI is InChI=1S/C49H56N8.C2H6/c1-33-26-38(22-23-40(33)50)55-44-28-35(3)42(31-45(44)54-37-18-12-10-13-19-37)52-24-16-8-6-5-7-9-17-25-53-43-32-49-47(29-36(43)4)56-46-27-34(2)41(51)30-48(46)57(49)39-20-14-11-15-21-39;1-2/h10-15,18-21,23,26-32,52,54H,5-9,16-17,22,24-25,50H2,1-4H3,(H2,51,53);1-2H3/p+2. The smallest absolute Gasteiger partial charge is 0.239 e. The van der Waals surface area contributed by atoms with E-state index in [2.05, 4.69) is 144 Å². The molecule has 0 amide bonds. The number of unbranched alkanes of at least 4 members (excludes halogenated alkanes) is 6. The van der Waals surface area contributed by atoms with Crippen LogP contribution in [0.4, 0.5) is 34.1 Å². The minimum absolute atomic E-state index is 0.747. The molecule has 8 nitrogen and oxygen atoms in total. The van der Waals surface area contributed by atoms with Crippen molar-refractivity contribution in [2.24, 2.45) is 10.7 Å². The van der Waals surface area contributed by atoms with Crippen LogP contribution in [0.25, 0.3) is 27.8 Å². The lowest BCUT2D eigenvalue weighted by Gasteiger charge is -2.14. The van der Waals surface area contributed by atoms with Gasteiger partial charge in [-0.15, -0.1) is 4.57 Å². The Morgan fingerprint density at radius 2 is 1.22 bits per heavy atom. The largest absolute Gasteiger partial charge is 0.399 e. The Morgan fingerprint density at radius 1 is 0.661 bits per heavy atom. The van der Waals surface area contributed by atoms with E-state index >= 15 is 0 Å². The molecule has 1 aromatic heterocycles. The Hall–Kier alpha value is -5.99. The van der Waals surface area contributed by atoms with Crippen molar-refractivity contribution in [1.82, 2.24) is 4.98 Å². The minimum atomic E-state index is 0.747. The van der Waals surface area contributed by atoms with Crippen LogP contribution in [0.3, 0.4) is 0 Å². The van der Waals surface area contributed by atoms with E-state index in [-0.39, 0.29) is 0 Å². The van der Waals surface area contributed by atoms with Gasteiger partial charge in [-0.2, -0.15) is 0 Å². The number of nitrogens with two attached hydrogens (primary N) is 3. The molecule has 0 saturated carbocycles. The Balaban J connectivity index is 0.00000288. The Bertz CT molecular complexity index is 2450. The van der Waals surface area contributed by atoms with Crippen LogP contribution >= 0.6 is 0 Å². The minimum Gasteiger partial charge on any atom is -0.399 e. The van der Waals surface area contributed by atoms with E-state index in [4.69, 9.17) is 21.4 Å². The van der Waals surface area contributed by atoms with Gasteiger partial charge in [0, 0.05) is 78.3 Å². The first kappa shape index (κ1) is 42.6. The van der Waals surface area contributed by atoms with Gasteiger partial charge in [0.15, 0.2) is 5.69 Å². The average Bonchev–Trinajstić information content (AvgIpc) is 3.24. The third-order valence-corrected chi connectivity index (χ3v) is 11.0. The van der Waals surface area contributed by atoms with Crippen LogP contribution in [0, 0.1) is 20.8 Å². The van der Waals surface area contributed by atoms with Crippen molar-refractivity contribution >= 4 is 61.9 Å². The fourth-order valence-corrected chi connectivity index (χ4v) is 7.64. The maximum atomic E-state index is 6.40. The molecular formula is C51H64N8+2. The summed E-state index contributed by atoms with van der Waals surface area (Å²) in [7, 11) is 0. The molecule has 0 unspecified atom stereocenters. The van der Waals surface area contributed by atoms with Crippen molar-refractivity contribution in [1.29, 1.82) is 0 Å². The van der Waals surface area contributed by atoms with E-state index < -0.39 is 0 Å². The highest BCUT2D eigenvalue weighted by Crippen LogP contribution is 2.31. The predicted octanol–water partition coefficient (Wildman–Crippen LogP) is 11.2. The van der Waals surface area contributed by atoms with E-state index in [0.29, 0.717) is 0 Å². The second-order valence-electron chi connectivity index (χ2n) is 15.5. The summed E-state index contributed by atoms with van der Waals surface area (Å²) < 4.78 is 2.29. The molecule has 7 rings (SSSR count). The number of benzene rings is 5. The van der Waals surface area contributed by atoms with E-state index in [1.807, 2.05) is 27.7 Å². The number of nitrogens with zero attached hydrogens (tertiary/aromatic N) is 3. The van der Waals surface area contributed by atoms with Gasteiger partial charge in [0.1, 0.15) is 22.4 Å². The highest BCUT2D eigenvalue weighted by Gasteiger charge is 2.22. The number of hydrogen-bond acceptors (Lipinski definition) is 6. The summed E-state index contributed by atoms with van der Waals surface area (Å²) in [6.07, 6.45) is 13.5. The Labute approximate surface area is 351 Å². The lowest BCUT2D eigenvalue weighted by molar-refractivity contribution is -0.538. The molecule has 0 fully saturated rings. The number of fused-ring (bicyclic) bond motifs is 2. The second kappa shape index (κ2) is 20.6. The summed E-state index contributed by atoms with van der Waals surface area (Å²) in [5, 5.41) is 9.70. The summed E-state index contributed by atoms with van der Waals surface area (Å²) in [5.41, 5.74) is 30.4. The van der Waals surface area contributed by atoms with Crippen LogP contribution in [0.1, 0.15) is 88.8 Å². The average molecular weight is 789 g/mol. The summed E-state index contributed by atoms with van der Waals surface area (Å²) in [4.78, 5) is 10.2. The fourth-order valence-electron chi connectivity index (χ4n) is 7.64. The highest BCUT2D eigenvalue weighted by atomic mass is 15.0.